The van der Waals surface area contributed by atoms with E-state index in [0.29, 0.717) is 11.7 Å². The normalized spacial score (nSPS) is 14.5. The molecule has 1 fully saturated rings. The summed E-state index contributed by atoms with van der Waals surface area (Å²) in [6, 6.07) is 15.7. The van der Waals surface area contributed by atoms with Crippen LogP contribution in [0.3, 0.4) is 0 Å². The van der Waals surface area contributed by atoms with Gasteiger partial charge < -0.3 is 10.1 Å². The molecular formula is C20H23NO2S. The number of ether oxygens (including phenoxy) is 1. The fourth-order valence-corrected chi connectivity index (χ4v) is 4.31. The van der Waals surface area contributed by atoms with E-state index in [9.17, 15) is 4.79 Å². The third kappa shape index (κ3) is 4.54. The highest BCUT2D eigenvalue weighted by Crippen LogP contribution is 2.38. The smallest absolute Gasteiger partial charge is 0.228 e. The molecule has 3 nitrogen and oxygen atoms in total. The number of nitrogens with one attached hydrogen (secondary N) is 1. The Morgan fingerprint density at radius 2 is 1.83 bits per heavy atom. The van der Waals surface area contributed by atoms with Gasteiger partial charge in [0.05, 0.1) is 19.2 Å². The maximum Gasteiger partial charge on any atom is 0.228 e. The van der Waals surface area contributed by atoms with E-state index in [0.717, 1.165) is 17.0 Å². The Balaban J connectivity index is 1.62. The molecule has 2 aromatic rings. The zero-order valence-electron chi connectivity index (χ0n) is 14.0. The van der Waals surface area contributed by atoms with Crippen molar-refractivity contribution in [2.24, 2.45) is 0 Å². The lowest BCUT2D eigenvalue weighted by atomic mass is 10.1. The zero-order chi connectivity index (χ0) is 16.8. The van der Waals surface area contributed by atoms with Crippen LogP contribution in [-0.2, 0) is 11.2 Å². The molecule has 0 bridgehead atoms. The van der Waals surface area contributed by atoms with Crippen LogP contribution in [0.25, 0.3) is 0 Å². The molecule has 0 saturated heterocycles. The fourth-order valence-electron chi connectivity index (χ4n) is 2.98. The van der Waals surface area contributed by atoms with Crippen LogP contribution in [0.5, 0.6) is 5.75 Å². The average molecular weight is 341 g/mol. The number of anilines is 1. The molecule has 4 heteroatoms. The Labute approximate surface area is 147 Å². The van der Waals surface area contributed by atoms with Gasteiger partial charge in [0.15, 0.2) is 0 Å². The Bertz CT molecular complexity index is 678. The molecule has 1 N–H and O–H groups in total. The van der Waals surface area contributed by atoms with E-state index in [2.05, 4.69) is 11.4 Å². The summed E-state index contributed by atoms with van der Waals surface area (Å²) in [5, 5.41) is 3.76. The van der Waals surface area contributed by atoms with Gasteiger partial charge in [0.2, 0.25) is 5.91 Å². The molecule has 0 spiro atoms. The van der Waals surface area contributed by atoms with E-state index in [1.807, 2.05) is 54.2 Å². The van der Waals surface area contributed by atoms with Gasteiger partial charge in [-0.15, -0.1) is 11.8 Å². The monoisotopic (exact) mass is 341 g/mol. The molecule has 1 saturated carbocycles. The lowest BCUT2D eigenvalue weighted by molar-refractivity contribution is -0.115. The maximum absolute atomic E-state index is 12.4. The molecule has 0 aromatic heterocycles. The van der Waals surface area contributed by atoms with Gasteiger partial charge in [-0.2, -0.15) is 0 Å². The molecule has 0 heterocycles. The van der Waals surface area contributed by atoms with E-state index < -0.39 is 0 Å². The highest BCUT2D eigenvalue weighted by Gasteiger charge is 2.18. The van der Waals surface area contributed by atoms with Crippen LogP contribution in [0.1, 0.15) is 31.2 Å². The Morgan fingerprint density at radius 3 is 2.54 bits per heavy atom. The maximum atomic E-state index is 12.4. The minimum atomic E-state index is 0.0136. The van der Waals surface area contributed by atoms with Gasteiger partial charge in [-0.05, 0) is 42.7 Å². The van der Waals surface area contributed by atoms with Gasteiger partial charge in [-0.3, -0.25) is 4.79 Å². The molecule has 0 aliphatic heterocycles. The third-order valence-corrected chi connectivity index (χ3v) is 5.70. The van der Waals surface area contributed by atoms with E-state index in [1.54, 1.807) is 7.11 Å². The Hall–Kier alpha value is -1.94. The van der Waals surface area contributed by atoms with Gasteiger partial charge in [-0.1, -0.05) is 37.1 Å². The summed E-state index contributed by atoms with van der Waals surface area (Å²) in [6.07, 6.45) is 5.57. The molecule has 0 unspecified atom stereocenters. The Kier molecular flexibility index (Phi) is 5.81. The van der Waals surface area contributed by atoms with Gasteiger partial charge >= 0.3 is 0 Å². The molecule has 0 atom stereocenters. The summed E-state index contributed by atoms with van der Waals surface area (Å²) >= 11 is 1.90. The fraction of sp³-hybridized carbons (Fsp3) is 0.350. The number of carbonyl (C=O) groups excluding carboxylic acids is 1. The highest BCUT2D eigenvalue weighted by atomic mass is 32.2. The first-order chi connectivity index (χ1) is 11.7. The van der Waals surface area contributed by atoms with Crippen LogP contribution in [0.2, 0.25) is 0 Å². The van der Waals surface area contributed by atoms with Crippen LogP contribution in [0.15, 0.2) is 53.4 Å². The van der Waals surface area contributed by atoms with Crippen molar-refractivity contribution in [1.82, 2.24) is 0 Å². The second-order valence-electron chi connectivity index (χ2n) is 6.09. The molecule has 2 aromatic carbocycles. The zero-order valence-corrected chi connectivity index (χ0v) is 14.8. The summed E-state index contributed by atoms with van der Waals surface area (Å²) < 4.78 is 5.15. The molecule has 1 aliphatic rings. The Morgan fingerprint density at radius 1 is 1.12 bits per heavy atom. The molecule has 24 heavy (non-hydrogen) atoms. The summed E-state index contributed by atoms with van der Waals surface area (Å²) in [7, 11) is 1.64. The number of benzene rings is 2. The van der Waals surface area contributed by atoms with Gasteiger partial charge in [0, 0.05) is 10.1 Å². The summed E-state index contributed by atoms with van der Waals surface area (Å²) in [6.45, 7) is 0. The first-order valence-electron chi connectivity index (χ1n) is 8.43. The van der Waals surface area contributed by atoms with E-state index in [4.69, 9.17) is 4.74 Å². The molecule has 1 amide bonds. The van der Waals surface area contributed by atoms with Gasteiger partial charge in [0.25, 0.3) is 0 Å². The molecule has 1 aliphatic carbocycles. The minimum absolute atomic E-state index is 0.0136. The first-order valence-corrected chi connectivity index (χ1v) is 9.31. The van der Waals surface area contributed by atoms with Crippen molar-refractivity contribution in [1.29, 1.82) is 0 Å². The summed E-state index contributed by atoms with van der Waals surface area (Å²) in [4.78, 5) is 13.5. The van der Waals surface area contributed by atoms with Crippen molar-refractivity contribution >= 4 is 23.4 Å². The van der Waals surface area contributed by atoms with Crippen molar-refractivity contribution in [3.05, 3.63) is 54.1 Å². The number of thioether (sulfide) groups is 1. The van der Waals surface area contributed by atoms with Crippen LogP contribution >= 0.6 is 11.8 Å². The molecule has 3 rings (SSSR count). The molecule has 126 valence electrons. The van der Waals surface area contributed by atoms with Crippen LogP contribution in [0, 0.1) is 0 Å². The summed E-state index contributed by atoms with van der Waals surface area (Å²) in [5.41, 5.74) is 1.90. The van der Waals surface area contributed by atoms with Crippen LogP contribution in [0.4, 0.5) is 5.69 Å². The number of hydrogen-bond donors (Lipinski definition) is 1. The van der Waals surface area contributed by atoms with Gasteiger partial charge in [-0.25, -0.2) is 0 Å². The van der Waals surface area contributed by atoms with Crippen molar-refractivity contribution in [2.75, 3.05) is 12.4 Å². The molecular weight excluding hydrogens is 318 g/mol. The van der Waals surface area contributed by atoms with E-state index in [-0.39, 0.29) is 5.91 Å². The number of para-hydroxylation sites is 1. The van der Waals surface area contributed by atoms with Crippen LogP contribution in [-0.4, -0.2) is 18.3 Å². The third-order valence-electron chi connectivity index (χ3n) is 4.28. The number of hydrogen-bond acceptors (Lipinski definition) is 3. The first kappa shape index (κ1) is 16.9. The highest BCUT2D eigenvalue weighted by molar-refractivity contribution is 8.00. The number of amides is 1. The largest absolute Gasteiger partial charge is 0.497 e. The number of carbonyl (C=O) groups is 1. The number of methoxy groups -OCH3 is 1. The lowest BCUT2D eigenvalue weighted by Gasteiger charge is -2.14. The SMILES string of the molecule is COc1ccc(CC(=O)Nc2ccccc2SC2CCCC2)cc1. The predicted molar refractivity (Wildman–Crippen MR) is 99.9 cm³/mol. The average Bonchev–Trinajstić information content (AvgIpc) is 3.10. The quantitative estimate of drug-likeness (QED) is 0.811. The van der Waals surface area contributed by atoms with Gasteiger partial charge in [0.1, 0.15) is 5.75 Å². The predicted octanol–water partition coefficient (Wildman–Crippen LogP) is 4.91. The standard InChI is InChI=1S/C20H23NO2S/c1-23-16-12-10-15(11-13-16)14-20(22)21-18-8-4-5-9-19(18)24-17-6-2-3-7-17/h4-5,8-13,17H,2-3,6-7,14H2,1H3,(H,21,22). The minimum Gasteiger partial charge on any atom is -0.497 e. The van der Waals surface area contributed by atoms with Crippen LogP contribution < -0.4 is 10.1 Å². The van der Waals surface area contributed by atoms with Crippen molar-refractivity contribution in [3.8, 4) is 5.75 Å². The summed E-state index contributed by atoms with van der Waals surface area (Å²) in [5.74, 6) is 0.817. The van der Waals surface area contributed by atoms with Crippen molar-refractivity contribution in [2.45, 2.75) is 42.2 Å². The second kappa shape index (κ2) is 8.25. The molecule has 0 radical (unpaired) electrons. The van der Waals surface area contributed by atoms with Crippen molar-refractivity contribution < 1.29 is 9.53 Å². The second-order valence-corrected chi connectivity index (χ2v) is 7.44. The van der Waals surface area contributed by atoms with E-state index >= 15 is 0 Å². The van der Waals surface area contributed by atoms with Crippen molar-refractivity contribution in [3.63, 3.8) is 0 Å². The topological polar surface area (TPSA) is 38.3 Å². The van der Waals surface area contributed by atoms with E-state index in [1.165, 1.54) is 30.6 Å². The lowest BCUT2D eigenvalue weighted by Crippen LogP contribution is -2.15. The number of rotatable bonds is 6.